The van der Waals surface area contributed by atoms with Crippen LogP contribution in [0.25, 0.3) is 11.1 Å². The number of rotatable bonds is 3. The second kappa shape index (κ2) is 5.59. The molecule has 3 heteroatoms. The van der Waals surface area contributed by atoms with Crippen LogP contribution in [0.5, 0.6) is 11.5 Å². The number of nitrogens with two attached hydrogens (primary N) is 2. The summed E-state index contributed by atoms with van der Waals surface area (Å²) < 4.78 is 5.85. The van der Waals surface area contributed by atoms with Crippen molar-refractivity contribution in [2.45, 2.75) is 0 Å². The number of hydrogen-bond acceptors (Lipinski definition) is 3. The summed E-state index contributed by atoms with van der Waals surface area (Å²) >= 11 is 0. The van der Waals surface area contributed by atoms with Gasteiger partial charge in [0.15, 0.2) is 5.75 Å². The summed E-state index contributed by atoms with van der Waals surface area (Å²) in [6, 6.07) is 23.0. The zero-order valence-corrected chi connectivity index (χ0v) is 11.5. The van der Waals surface area contributed by atoms with E-state index in [-0.39, 0.29) is 0 Å². The molecule has 0 fully saturated rings. The van der Waals surface area contributed by atoms with E-state index >= 15 is 0 Å². The summed E-state index contributed by atoms with van der Waals surface area (Å²) in [7, 11) is 0. The summed E-state index contributed by atoms with van der Waals surface area (Å²) in [6.07, 6.45) is 0. The van der Waals surface area contributed by atoms with Gasteiger partial charge in [-0.05, 0) is 35.9 Å². The van der Waals surface area contributed by atoms with Crippen LogP contribution in [0, 0.1) is 0 Å². The molecule has 0 aliphatic heterocycles. The highest BCUT2D eigenvalue weighted by molar-refractivity contribution is 5.81. The third-order valence-electron chi connectivity index (χ3n) is 3.23. The highest BCUT2D eigenvalue weighted by Gasteiger charge is 2.09. The Labute approximate surface area is 123 Å². The van der Waals surface area contributed by atoms with Gasteiger partial charge in [-0.3, -0.25) is 0 Å². The minimum absolute atomic E-state index is 0.604. The molecule has 0 aromatic heterocycles. The van der Waals surface area contributed by atoms with Gasteiger partial charge in [0.1, 0.15) is 5.75 Å². The van der Waals surface area contributed by atoms with Gasteiger partial charge in [0.2, 0.25) is 0 Å². The van der Waals surface area contributed by atoms with E-state index in [1.165, 1.54) is 0 Å². The van der Waals surface area contributed by atoms with Gasteiger partial charge in [-0.15, -0.1) is 0 Å². The van der Waals surface area contributed by atoms with Crippen molar-refractivity contribution in [2.75, 3.05) is 11.5 Å². The fourth-order valence-corrected chi connectivity index (χ4v) is 2.21. The number of benzene rings is 3. The van der Waals surface area contributed by atoms with Crippen LogP contribution in [0.3, 0.4) is 0 Å². The number of hydrogen-bond donors (Lipinski definition) is 2. The van der Waals surface area contributed by atoms with Crippen LogP contribution in [0.1, 0.15) is 0 Å². The van der Waals surface area contributed by atoms with E-state index in [1.54, 1.807) is 0 Å². The molecule has 3 aromatic carbocycles. The van der Waals surface area contributed by atoms with Crippen LogP contribution in [-0.4, -0.2) is 0 Å². The second-order valence-corrected chi connectivity index (χ2v) is 4.76. The molecular formula is C18H16N2O. The zero-order chi connectivity index (χ0) is 14.7. The minimum atomic E-state index is 0.604. The molecule has 0 radical (unpaired) electrons. The molecule has 0 heterocycles. The highest BCUT2D eigenvalue weighted by atomic mass is 16.5. The van der Waals surface area contributed by atoms with Gasteiger partial charge in [0.05, 0.1) is 5.69 Å². The molecule has 0 atom stereocenters. The van der Waals surface area contributed by atoms with Gasteiger partial charge in [-0.1, -0.05) is 42.5 Å². The standard InChI is InChI=1S/C18H16N2O/c19-14-7-4-6-13(12-14)16-10-5-11-17(18(16)20)21-15-8-2-1-3-9-15/h1-12H,19-20H2. The molecule has 0 amide bonds. The van der Waals surface area contributed by atoms with Gasteiger partial charge >= 0.3 is 0 Å². The van der Waals surface area contributed by atoms with Crippen molar-refractivity contribution in [3.05, 3.63) is 72.8 Å². The van der Waals surface area contributed by atoms with Crippen LogP contribution in [0.2, 0.25) is 0 Å². The zero-order valence-electron chi connectivity index (χ0n) is 11.5. The molecule has 0 spiro atoms. The SMILES string of the molecule is Nc1cccc(-c2cccc(Oc3ccccc3)c2N)c1. The highest BCUT2D eigenvalue weighted by Crippen LogP contribution is 2.36. The van der Waals surface area contributed by atoms with Gasteiger partial charge in [-0.2, -0.15) is 0 Å². The third kappa shape index (κ3) is 2.82. The molecule has 104 valence electrons. The molecule has 3 aromatic rings. The Morgan fingerprint density at radius 2 is 1.48 bits per heavy atom. The summed E-state index contributed by atoms with van der Waals surface area (Å²) in [6.45, 7) is 0. The maximum Gasteiger partial charge on any atom is 0.150 e. The van der Waals surface area contributed by atoms with Gasteiger partial charge in [-0.25, -0.2) is 0 Å². The second-order valence-electron chi connectivity index (χ2n) is 4.76. The Morgan fingerprint density at radius 1 is 0.714 bits per heavy atom. The van der Waals surface area contributed by atoms with Gasteiger partial charge in [0, 0.05) is 11.3 Å². The average Bonchev–Trinajstić information content (AvgIpc) is 2.50. The lowest BCUT2D eigenvalue weighted by Crippen LogP contribution is -1.95. The Balaban J connectivity index is 1.99. The van der Waals surface area contributed by atoms with Gasteiger partial charge < -0.3 is 16.2 Å². The van der Waals surface area contributed by atoms with Crippen molar-refractivity contribution in [1.82, 2.24) is 0 Å². The summed E-state index contributed by atoms with van der Waals surface area (Å²) in [5, 5.41) is 0. The summed E-state index contributed by atoms with van der Waals surface area (Å²) in [5.74, 6) is 1.40. The van der Waals surface area contributed by atoms with Crippen LogP contribution < -0.4 is 16.2 Å². The van der Waals surface area contributed by atoms with Crippen LogP contribution in [0.15, 0.2) is 72.8 Å². The van der Waals surface area contributed by atoms with E-state index in [0.29, 0.717) is 17.1 Å². The monoisotopic (exact) mass is 276 g/mol. The fraction of sp³-hybridized carbons (Fsp3) is 0. The molecule has 0 saturated carbocycles. The predicted octanol–water partition coefficient (Wildman–Crippen LogP) is 4.31. The van der Waals surface area contributed by atoms with E-state index in [4.69, 9.17) is 16.2 Å². The third-order valence-corrected chi connectivity index (χ3v) is 3.23. The average molecular weight is 276 g/mol. The Hall–Kier alpha value is -2.94. The fourth-order valence-electron chi connectivity index (χ4n) is 2.21. The van der Waals surface area contributed by atoms with Gasteiger partial charge in [0.25, 0.3) is 0 Å². The van der Waals surface area contributed by atoms with Crippen molar-refractivity contribution in [3.8, 4) is 22.6 Å². The van der Waals surface area contributed by atoms with E-state index < -0.39 is 0 Å². The largest absolute Gasteiger partial charge is 0.455 e. The molecule has 0 aliphatic rings. The lowest BCUT2D eigenvalue weighted by atomic mass is 10.0. The Morgan fingerprint density at radius 3 is 2.24 bits per heavy atom. The van der Waals surface area contributed by atoms with E-state index in [0.717, 1.165) is 16.9 Å². The molecule has 0 bridgehead atoms. The summed E-state index contributed by atoms with van der Waals surface area (Å²) in [4.78, 5) is 0. The lowest BCUT2D eigenvalue weighted by molar-refractivity contribution is 0.485. The molecular weight excluding hydrogens is 260 g/mol. The first-order valence-corrected chi connectivity index (χ1v) is 6.71. The van der Waals surface area contributed by atoms with E-state index in [1.807, 2.05) is 72.8 Å². The molecule has 0 saturated heterocycles. The molecule has 0 unspecified atom stereocenters. The molecule has 3 nitrogen and oxygen atoms in total. The molecule has 3 rings (SSSR count). The predicted molar refractivity (Wildman–Crippen MR) is 87.2 cm³/mol. The first kappa shape index (κ1) is 13.1. The summed E-state index contributed by atoms with van der Waals surface area (Å²) in [5.41, 5.74) is 15.3. The first-order valence-electron chi connectivity index (χ1n) is 6.71. The van der Waals surface area contributed by atoms with Crippen molar-refractivity contribution >= 4 is 11.4 Å². The van der Waals surface area contributed by atoms with Crippen molar-refractivity contribution < 1.29 is 4.74 Å². The molecule has 21 heavy (non-hydrogen) atoms. The van der Waals surface area contributed by atoms with Crippen molar-refractivity contribution in [1.29, 1.82) is 0 Å². The van der Waals surface area contributed by atoms with Crippen LogP contribution in [0.4, 0.5) is 11.4 Å². The minimum Gasteiger partial charge on any atom is -0.455 e. The Kier molecular flexibility index (Phi) is 3.48. The maximum absolute atomic E-state index is 6.25. The number of ether oxygens (including phenoxy) is 1. The number of anilines is 2. The van der Waals surface area contributed by atoms with Crippen molar-refractivity contribution in [2.24, 2.45) is 0 Å². The smallest absolute Gasteiger partial charge is 0.150 e. The number of para-hydroxylation sites is 2. The normalized spacial score (nSPS) is 10.3. The molecule has 0 aliphatic carbocycles. The van der Waals surface area contributed by atoms with E-state index in [9.17, 15) is 0 Å². The maximum atomic E-state index is 6.25. The van der Waals surface area contributed by atoms with Crippen LogP contribution in [-0.2, 0) is 0 Å². The topological polar surface area (TPSA) is 61.3 Å². The van der Waals surface area contributed by atoms with Crippen molar-refractivity contribution in [3.63, 3.8) is 0 Å². The lowest BCUT2D eigenvalue weighted by Gasteiger charge is -2.12. The first-order chi connectivity index (χ1) is 10.2. The van der Waals surface area contributed by atoms with Crippen LogP contribution >= 0.6 is 0 Å². The Bertz CT molecular complexity index is 754. The quantitative estimate of drug-likeness (QED) is 0.701. The van der Waals surface area contributed by atoms with E-state index in [2.05, 4.69) is 0 Å². The number of nitrogen functional groups attached to an aromatic ring is 2. The molecule has 4 N–H and O–H groups in total.